The number of rotatable bonds is 2. The molecule has 68 valence electrons. The lowest BCUT2D eigenvalue weighted by Gasteiger charge is -2.25. The van der Waals surface area contributed by atoms with Crippen LogP contribution >= 0.6 is 11.6 Å². The summed E-state index contributed by atoms with van der Waals surface area (Å²) in [6.07, 6.45) is 1.22. The molecule has 0 atom stereocenters. The Balaban J connectivity index is 2.00. The van der Waals surface area contributed by atoms with Gasteiger partial charge in [-0.15, -0.1) is 5.11 Å². The standard InChI is InChI=1S/C9H10ClN3/c10-8-2-4-9(5-3-8)11-12-13-6-1-7-13/h2-5H,1,6-7H2. The van der Waals surface area contributed by atoms with E-state index in [0.29, 0.717) is 0 Å². The van der Waals surface area contributed by atoms with Crippen molar-refractivity contribution in [2.75, 3.05) is 13.1 Å². The van der Waals surface area contributed by atoms with Crippen molar-refractivity contribution in [3.05, 3.63) is 29.3 Å². The molecule has 1 aromatic rings. The summed E-state index contributed by atoms with van der Waals surface area (Å²) in [5.74, 6) is 0. The Bertz CT molecular complexity index is 303. The molecule has 0 saturated carbocycles. The van der Waals surface area contributed by atoms with Crippen LogP contribution in [0, 0.1) is 0 Å². The van der Waals surface area contributed by atoms with Crippen molar-refractivity contribution in [2.24, 2.45) is 10.3 Å². The topological polar surface area (TPSA) is 28.0 Å². The van der Waals surface area contributed by atoms with Crippen molar-refractivity contribution < 1.29 is 0 Å². The zero-order valence-corrected chi connectivity index (χ0v) is 7.91. The molecule has 0 radical (unpaired) electrons. The van der Waals surface area contributed by atoms with Crippen LogP contribution < -0.4 is 0 Å². The Kier molecular flexibility index (Phi) is 2.45. The smallest absolute Gasteiger partial charge is 0.0875 e. The van der Waals surface area contributed by atoms with E-state index < -0.39 is 0 Å². The van der Waals surface area contributed by atoms with Gasteiger partial charge in [-0.2, -0.15) is 0 Å². The predicted molar refractivity (Wildman–Crippen MR) is 52.2 cm³/mol. The quantitative estimate of drug-likeness (QED) is 0.667. The number of hydrogen-bond donors (Lipinski definition) is 0. The molecule has 0 unspecified atom stereocenters. The van der Waals surface area contributed by atoms with E-state index >= 15 is 0 Å². The minimum Gasteiger partial charge on any atom is -0.278 e. The molecule has 0 amide bonds. The minimum atomic E-state index is 0.725. The maximum Gasteiger partial charge on any atom is 0.0875 e. The van der Waals surface area contributed by atoms with Gasteiger partial charge in [0.2, 0.25) is 0 Å². The van der Waals surface area contributed by atoms with Gasteiger partial charge in [0, 0.05) is 18.1 Å². The molecule has 2 rings (SSSR count). The van der Waals surface area contributed by atoms with E-state index in [4.69, 9.17) is 11.6 Å². The highest BCUT2D eigenvalue weighted by Gasteiger charge is 2.10. The first-order chi connectivity index (χ1) is 6.34. The summed E-state index contributed by atoms with van der Waals surface area (Å²) < 4.78 is 0. The molecule has 1 aliphatic heterocycles. The Morgan fingerprint density at radius 1 is 1.15 bits per heavy atom. The van der Waals surface area contributed by atoms with E-state index in [0.717, 1.165) is 23.8 Å². The Labute approximate surface area is 82.0 Å². The van der Waals surface area contributed by atoms with Crippen LogP contribution in [0.25, 0.3) is 0 Å². The van der Waals surface area contributed by atoms with Crippen LogP contribution in [-0.2, 0) is 0 Å². The summed E-state index contributed by atoms with van der Waals surface area (Å²) in [6, 6.07) is 7.33. The highest BCUT2D eigenvalue weighted by atomic mass is 35.5. The largest absolute Gasteiger partial charge is 0.278 e. The highest BCUT2D eigenvalue weighted by Crippen LogP contribution is 2.17. The first-order valence-electron chi connectivity index (χ1n) is 4.27. The average Bonchev–Trinajstić information content (AvgIpc) is 2.05. The fourth-order valence-electron chi connectivity index (χ4n) is 1.01. The van der Waals surface area contributed by atoms with Crippen LogP contribution in [0.1, 0.15) is 6.42 Å². The Morgan fingerprint density at radius 2 is 1.85 bits per heavy atom. The summed E-state index contributed by atoms with van der Waals surface area (Å²) >= 11 is 5.73. The normalized spacial score (nSPS) is 16.2. The van der Waals surface area contributed by atoms with Gasteiger partial charge < -0.3 is 0 Å². The predicted octanol–water partition coefficient (Wildman–Crippen LogP) is 3.04. The van der Waals surface area contributed by atoms with E-state index in [9.17, 15) is 0 Å². The number of nitrogens with zero attached hydrogens (tertiary/aromatic N) is 3. The first kappa shape index (κ1) is 8.51. The van der Waals surface area contributed by atoms with Gasteiger partial charge in [-0.1, -0.05) is 16.8 Å². The average molecular weight is 196 g/mol. The second kappa shape index (κ2) is 3.75. The SMILES string of the molecule is Clc1ccc(N=NN2CCC2)cc1. The van der Waals surface area contributed by atoms with Crippen LogP contribution in [0.4, 0.5) is 5.69 Å². The minimum absolute atomic E-state index is 0.725. The van der Waals surface area contributed by atoms with Gasteiger partial charge in [0.25, 0.3) is 0 Å². The van der Waals surface area contributed by atoms with Crippen molar-refractivity contribution in [2.45, 2.75) is 6.42 Å². The maximum atomic E-state index is 5.73. The summed E-state index contributed by atoms with van der Waals surface area (Å²) in [4.78, 5) is 0. The van der Waals surface area contributed by atoms with Gasteiger partial charge >= 0.3 is 0 Å². The fourth-order valence-corrected chi connectivity index (χ4v) is 1.14. The zero-order chi connectivity index (χ0) is 9.10. The molecular weight excluding hydrogens is 186 g/mol. The molecule has 1 saturated heterocycles. The molecule has 1 heterocycles. The van der Waals surface area contributed by atoms with E-state index in [1.165, 1.54) is 6.42 Å². The molecule has 0 aromatic heterocycles. The van der Waals surface area contributed by atoms with Gasteiger partial charge in [-0.05, 0) is 30.7 Å². The highest BCUT2D eigenvalue weighted by molar-refractivity contribution is 6.30. The van der Waals surface area contributed by atoms with Crippen molar-refractivity contribution in [1.82, 2.24) is 5.01 Å². The first-order valence-corrected chi connectivity index (χ1v) is 4.64. The van der Waals surface area contributed by atoms with E-state index in [1.54, 1.807) is 0 Å². The molecule has 4 heteroatoms. The lowest BCUT2D eigenvalue weighted by atomic mass is 10.3. The van der Waals surface area contributed by atoms with Crippen LogP contribution in [0.3, 0.4) is 0 Å². The lowest BCUT2D eigenvalue weighted by Crippen LogP contribution is -2.31. The summed E-state index contributed by atoms with van der Waals surface area (Å²) in [7, 11) is 0. The van der Waals surface area contributed by atoms with Crippen molar-refractivity contribution >= 4 is 17.3 Å². The van der Waals surface area contributed by atoms with Crippen LogP contribution in [0.2, 0.25) is 5.02 Å². The van der Waals surface area contributed by atoms with Gasteiger partial charge in [0.15, 0.2) is 0 Å². The molecule has 13 heavy (non-hydrogen) atoms. The lowest BCUT2D eigenvalue weighted by molar-refractivity contribution is 0.176. The van der Waals surface area contributed by atoms with Gasteiger partial charge in [0.05, 0.1) is 5.69 Å². The van der Waals surface area contributed by atoms with Crippen molar-refractivity contribution in [3.63, 3.8) is 0 Å². The molecule has 1 fully saturated rings. The number of hydrogen-bond acceptors (Lipinski definition) is 2. The number of halogens is 1. The van der Waals surface area contributed by atoms with E-state index in [1.807, 2.05) is 29.3 Å². The molecule has 1 aromatic carbocycles. The van der Waals surface area contributed by atoms with Crippen LogP contribution in [0.15, 0.2) is 34.6 Å². The molecule has 0 bridgehead atoms. The summed E-state index contributed by atoms with van der Waals surface area (Å²) in [5, 5.41) is 10.8. The molecule has 0 N–H and O–H groups in total. The second-order valence-corrected chi connectivity index (χ2v) is 3.41. The molecule has 0 spiro atoms. The monoisotopic (exact) mass is 195 g/mol. The van der Waals surface area contributed by atoms with Crippen LogP contribution in [-0.4, -0.2) is 18.1 Å². The van der Waals surface area contributed by atoms with E-state index in [2.05, 4.69) is 10.3 Å². The Hall–Kier alpha value is -1.09. The molecule has 3 nitrogen and oxygen atoms in total. The summed E-state index contributed by atoms with van der Waals surface area (Å²) in [5.41, 5.74) is 0.844. The fraction of sp³-hybridized carbons (Fsp3) is 0.333. The zero-order valence-electron chi connectivity index (χ0n) is 7.15. The van der Waals surface area contributed by atoms with Gasteiger partial charge in [-0.3, -0.25) is 5.01 Å². The maximum absolute atomic E-state index is 5.73. The third-order valence-corrected chi connectivity index (χ3v) is 2.20. The second-order valence-electron chi connectivity index (χ2n) is 2.97. The molecule has 1 aliphatic rings. The van der Waals surface area contributed by atoms with Crippen molar-refractivity contribution in [1.29, 1.82) is 0 Å². The molecular formula is C9H10ClN3. The van der Waals surface area contributed by atoms with Crippen molar-refractivity contribution in [3.8, 4) is 0 Å². The third kappa shape index (κ3) is 2.18. The Morgan fingerprint density at radius 3 is 2.38 bits per heavy atom. The van der Waals surface area contributed by atoms with E-state index in [-0.39, 0.29) is 0 Å². The molecule has 0 aliphatic carbocycles. The van der Waals surface area contributed by atoms with Crippen LogP contribution in [0.5, 0.6) is 0 Å². The summed E-state index contributed by atoms with van der Waals surface area (Å²) in [6.45, 7) is 2.05. The third-order valence-electron chi connectivity index (χ3n) is 1.95. The van der Waals surface area contributed by atoms with Gasteiger partial charge in [-0.25, -0.2) is 0 Å². The van der Waals surface area contributed by atoms with Gasteiger partial charge in [0.1, 0.15) is 0 Å². The number of benzene rings is 1.